The van der Waals surface area contributed by atoms with Gasteiger partial charge in [0.15, 0.2) is 0 Å². The SMILES string of the molecule is CCCCc1cc2c(OCC)c(I)c(C)nc2cc1OCCOc1ccccc1. The van der Waals surface area contributed by atoms with Crippen LogP contribution in [0.25, 0.3) is 10.9 Å². The van der Waals surface area contributed by atoms with Crippen molar-refractivity contribution in [3.8, 4) is 17.2 Å². The number of para-hydroxylation sites is 1. The summed E-state index contributed by atoms with van der Waals surface area (Å²) in [5.41, 5.74) is 3.08. The Kier molecular flexibility index (Phi) is 7.98. The van der Waals surface area contributed by atoms with Gasteiger partial charge in [0, 0.05) is 11.5 Å². The molecule has 0 saturated carbocycles. The van der Waals surface area contributed by atoms with Crippen molar-refractivity contribution < 1.29 is 14.2 Å². The van der Waals surface area contributed by atoms with Gasteiger partial charge in [-0.2, -0.15) is 0 Å². The van der Waals surface area contributed by atoms with Gasteiger partial charge in [-0.05, 0) is 73.0 Å². The van der Waals surface area contributed by atoms with Crippen LogP contribution in [0.1, 0.15) is 37.9 Å². The molecule has 3 rings (SSSR count). The molecule has 0 bridgehead atoms. The standard InChI is InChI=1S/C24H28INO3/c1-4-6-10-18-15-20-21(26-17(3)23(25)24(20)27-5-2)16-22(18)29-14-13-28-19-11-8-7-9-12-19/h7-9,11-12,15-16H,4-6,10,13-14H2,1-3H3. The molecule has 1 aromatic heterocycles. The van der Waals surface area contributed by atoms with E-state index >= 15 is 0 Å². The summed E-state index contributed by atoms with van der Waals surface area (Å²) >= 11 is 2.32. The molecule has 154 valence electrons. The highest BCUT2D eigenvalue weighted by molar-refractivity contribution is 14.1. The van der Waals surface area contributed by atoms with Crippen molar-refractivity contribution >= 4 is 33.5 Å². The van der Waals surface area contributed by atoms with Crippen LogP contribution in [-0.2, 0) is 6.42 Å². The molecule has 2 aromatic carbocycles. The summed E-state index contributed by atoms with van der Waals surface area (Å²) in [6.07, 6.45) is 3.22. The number of unbranched alkanes of at least 4 members (excludes halogenated alkanes) is 1. The first-order valence-electron chi connectivity index (χ1n) is 10.2. The van der Waals surface area contributed by atoms with E-state index in [1.165, 1.54) is 5.56 Å². The van der Waals surface area contributed by atoms with Crippen LogP contribution in [0.4, 0.5) is 0 Å². The largest absolute Gasteiger partial charge is 0.492 e. The van der Waals surface area contributed by atoms with Gasteiger partial charge in [0.25, 0.3) is 0 Å². The minimum absolute atomic E-state index is 0.487. The number of hydrogen-bond acceptors (Lipinski definition) is 4. The molecule has 5 heteroatoms. The van der Waals surface area contributed by atoms with Crippen molar-refractivity contribution in [3.05, 3.63) is 57.3 Å². The third-order valence-electron chi connectivity index (χ3n) is 4.67. The van der Waals surface area contributed by atoms with Crippen molar-refractivity contribution in [1.29, 1.82) is 0 Å². The molecule has 0 N–H and O–H groups in total. The normalized spacial score (nSPS) is 10.9. The minimum atomic E-state index is 0.487. The first-order valence-corrected chi connectivity index (χ1v) is 11.3. The fourth-order valence-corrected chi connectivity index (χ4v) is 3.78. The number of aromatic nitrogens is 1. The van der Waals surface area contributed by atoms with Crippen LogP contribution >= 0.6 is 22.6 Å². The summed E-state index contributed by atoms with van der Waals surface area (Å²) in [7, 11) is 0. The number of ether oxygens (including phenoxy) is 3. The third-order valence-corrected chi connectivity index (χ3v) is 5.94. The van der Waals surface area contributed by atoms with Crippen LogP contribution in [-0.4, -0.2) is 24.8 Å². The van der Waals surface area contributed by atoms with E-state index in [0.717, 1.165) is 56.7 Å². The number of pyridine rings is 1. The number of benzene rings is 2. The molecule has 0 aliphatic carbocycles. The Labute approximate surface area is 186 Å². The summed E-state index contributed by atoms with van der Waals surface area (Å²) in [6.45, 7) is 7.85. The molecule has 1 heterocycles. The summed E-state index contributed by atoms with van der Waals surface area (Å²) in [6, 6.07) is 14.1. The van der Waals surface area contributed by atoms with E-state index in [0.29, 0.717) is 19.8 Å². The van der Waals surface area contributed by atoms with Crippen LogP contribution in [0, 0.1) is 10.5 Å². The molecule has 0 aliphatic heterocycles. The van der Waals surface area contributed by atoms with E-state index in [-0.39, 0.29) is 0 Å². The average Bonchev–Trinajstić information content (AvgIpc) is 2.74. The van der Waals surface area contributed by atoms with Crippen LogP contribution in [0.15, 0.2) is 42.5 Å². The summed E-state index contributed by atoms with van der Waals surface area (Å²) in [5, 5.41) is 1.06. The highest BCUT2D eigenvalue weighted by atomic mass is 127. The Morgan fingerprint density at radius 3 is 2.45 bits per heavy atom. The average molecular weight is 505 g/mol. The first-order chi connectivity index (χ1) is 14.1. The lowest BCUT2D eigenvalue weighted by molar-refractivity contribution is 0.216. The smallest absolute Gasteiger partial charge is 0.143 e. The molecule has 0 radical (unpaired) electrons. The van der Waals surface area contributed by atoms with E-state index in [1.54, 1.807) is 0 Å². The molecule has 29 heavy (non-hydrogen) atoms. The zero-order valence-electron chi connectivity index (χ0n) is 17.3. The van der Waals surface area contributed by atoms with Crippen molar-refractivity contribution in [2.75, 3.05) is 19.8 Å². The number of aryl methyl sites for hydroxylation is 2. The van der Waals surface area contributed by atoms with Gasteiger partial charge in [0.1, 0.15) is 30.5 Å². The van der Waals surface area contributed by atoms with E-state index < -0.39 is 0 Å². The lowest BCUT2D eigenvalue weighted by Crippen LogP contribution is -2.10. The monoisotopic (exact) mass is 505 g/mol. The molecule has 0 aliphatic rings. The number of halogens is 1. The Hall–Kier alpha value is -2.02. The third kappa shape index (κ3) is 5.53. The van der Waals surface area contributed by atoms with Gasteiger partial charge in [-0.3, -0.25) is 4.98 Å². The Morgan fingerprint density at radius 1 is 0.966 bits per heavy atom. The molecule has 0 saturated heterocycles. The zero-order chi connectivity index (χ0) is 20.6. The minimum Gasteiger partial charge on any atom is -0.492 e. The van der Waals surface area contributed by atoms with E-state index in [2.05, 4.69) is 41.6 Å². The second-order valence-corrected chi connectivity index (χ2v) is 7.94. The molecule has 0 amide bonds. The Bertz CT molecular complexity index is 944. The predicted molar refractivity (Wildman–Crippen MR) is 126 cm³/mol. The van der Waals surface area contributed by atoms with Crippen LogP contribution < -0.4 is 14.2 Å². The van der Waals surface area contributed by atoms with Crippen LogP contribution in [0.2, 0.25) is 0 Å². The fourth-order valence-electron chi connectivity index (χ4n) is 3.21. The molecule has 4 nitrogen and oxygen atoms in total. The highest BCUT2D eigenvalue weighted by Crippen LogP contribution is 2.36. The van der Waals surface area contributed by atoms with Crippen LogP contribution in [0.3, 0.4) is 0 Å². The molecular formula is C24H28INO3. The van der Waals surface area contributed by atoms with Gasteiger partial charge >= 0.3 is 0 Å². The molecule has 3 aromatic rings. The second kappa shape index (κ2) is 10.7. The van der Waals surface area contributed by atoms with Crippen molar-refractivity contribution in [2.24, 2.45) is 0 Å². The van der Waals surface area contributed by atoms with Gasteiger partial charge in [-0.15, -0.1) is 0 Å². The van der Waals surface area contributed by atoms with E-state index in [4.69, 9.17) is 19.2 Å². The van der Waals surface area contributed by atoms with Gasteiger partial charge in [0.05, 0.1) is 21.4 Å². The highest BCUT2D eigenvalue weighted by Gasteiger charge is 2.15. The van der Waals surface area contributed by atoms with Crippen molar-refractivity contribution in [3.63, 3.8) is 0 Å². The maximum absolute atomic E-state index is 6.13. The maximum atomic E-state index is 6.13. The molecule has 0 unspecified atom stereocenters. The van der Waals surface area contributed by atoms with E-state index in [1.807, 2.05) is 44.2 Å². The molecular weight excluding hydrogens is 477 g/mol. The number of nitrogens with zero attached hydrogens (tertiary/aromatic N) is 1. The van der Waals surface area contributed by atoms with Gasteiger partial charge in [-0.25, -0.2) is 0 Å². The Balaban J connectivity index is 1.85. The summed E-state index contributed by atoms with van der Waals surface area (Å²) in [4.78, 5) is 4.78. The summed E-state index contributed by atoms with van der Waals surface area (Å²) < 4.78 is 18.9. The maximum Gasteiger partial charge on any atom is 0.143 e. The van der Waals surface area contributed by atoms with Gasteiger partial charge in [0.2, 0.25) is 0 Å². The quantitative estimate of drug-likeness (QED) is 0.238. The zero-order valence-corrected chi connectivity index (χ0v) is 19.5. The van der Waals surface area contributed by atoms with Crippen LogP contribution in [0.5, 0.6) is 17.2 Å². The number of fused-ring (bicyclic) bond motifs is 1. The second-order valence-electron chi connectivity index (χ2n) is 6.86. The van der Waals surface area contributed by atoms with Crippen molar-refractivity contribution in [1.82, 2.24) is 4.98 Å². The first kappa shape index (κ1) is 21.7. The van der Waals surface area contributed by atoms with Crippen molar-refractivity contribution in [2.45, 2.75) is 40.0 Å². The summed E-state index contributed by atoms with van der Waals surface area (Å²) in [5.74, 6) is 2.67. The van der Waals surface area contributed by atoms with Gasteiger partial charge in [-0.1, -0.05) is 31.5 Å². The topological polar surface area (TPSA) is 40.6 Å². The predicted octanol–water partition coefficient (Wildman–Crippen LogP) is 6.35. The lowest BCUT2D eigenvalue weighted by atomic mass is 10.0. The fraction of sp³-hybridized carbons (Fsp3) is 0.375. The lowest BCUT2D eigenvalue weighted by Gasteiger charge is -2.16. The number of hydrogen-bond donors (Lipinski definition) is 0. The Morgan fingerprint density at radius 2 is 1.72 bits per heavy atom. The number of rotatable bonds is 10. The van der Waals surface area contributed by atoms with Gasteiger partial charge < -0.3 is 14.2 Å². The van der Waals surface area contributed by atoms with E-state index in [9.17, 15) is 0 Å². The molecule has 0 atom stereocenters. The molecule has 0 fully saturated rings. The molecule has 0 spiro atoms.